The molecule has 0 aliphatic rings. The van der Waals surface area contributed by atoms with E-state index in [9.17, 15) is 13.9 Å². The highest BCUT2D eigenvalue weighted by atomic mass is 79.9. The van der Waals surface area contributed by atoms with Gasteiger partial charge in [-0.3, -0.25) is 4.98 Å². The van der Waals surface area contributed by atoms with Gasteiger partial charge in [0, 0.05) is 23.3 Å². The zero-order valence-corrected chi connectivity index (χ0v) is 10.8. The number of alkyl halides is 2. The van der Waals surface area contributed by atoms with Gasteiger partial charge in [-0.1, -0.05) is 0 Å². The monoisotopic (exact) mass is 317 g/mol. The van der Waals surface area contributed by atoms with Crippen molar-refractivity contribution >= 4 is 15.9 Å². The Hall–Kier alpha value is -1.34. The minimum absolute atomic E-state index is 0.147. The molecule has 96 valence electrons. The number of aliphatic hydroxyl groups excluding tert-OH is 1. The molecule has 2 aromatic rings. The number of halogens is 3. The first-order valence-electron chi connectivity index (χ1n) is 5.18. The molecule has 1 atom stereocenters. The van der Waals surface area contributed by atoms with Crippen molar-refractivity contribution in [2.75, 3.05) is 0 Å². The lowest BCUT2D eigenvalue weighted by Crippen LogP contribution is -2.06. The number of pyridine rings is 1. The van der Waals surface area contributed by atoms with Gasteiger partial charge >= 0.3 is 6.55 Å². The Bertz CT molecular complexity index is 515. The fourth-order valence-electron chi connectivity index (χ4n) is 1.48. The van der Waals surface area contributed by atoms with Crippen molar-refractivity contribution in [3.63, 3.8) is 0 Å². The molecule has 0 fully saturated rings. The molecule has 0 saturated carbocycles. The first-order valence-corrected chi connectivity index (χ1v) is 5.97. The van der Waals surface area contributed by atoms with Crippen LogP contribution in [0.4, 0.5) is 8.78 Å². The van der Waals surface area contributed by atoms with Crippen LogP contribution in [0.2, 0.25) is 0 Å². The lowest BCUT2D eigenvalue weighted by atomic mass is 10.1. The topological polar surface area (TPSA) is 50.9 Å². The summed E-state index contributed by atoms with van der Waals surface area (Å²) in [5.41, 5.74) is 0.873. The Morgan fingerprint density at radius 1 is 1.33 bits per heavy atom. The van der Waals surface area contributed by atoms with E-state index >= 15 is 0 Å². The maximum absolute atomic E-state index is 12.3. The summed E-state index contributed by atoms with van der Waals surface area (Å²) in [6.07, 6.45) is 2.03. The van der Waals surface area contributed by atoms with Crippen LogP contribution in [0.3, 0.4) is 0 Å². The summed E-state index contributed by atoms with van der Waals surface area (Å²) in [5, 5.41) is 13.6. The smallest absolute Gasteiger partial charge is 0.333 e. The van der Waals surface area contributed by atoms with Crippen LogP contribution in [0.1, 0.15) is 24.0 Å². The first kappa shape index (κ1) is 13.1. The Morgan fingerprint density at radius 3 is 2.67 bits per heavy atom. The van der Waals surface area contributed by atoms with Crippen molar-refractivity contribution in [2.45, 2.75) is 19.1 Å². The fourth-order valence-corrected chi connectivity index (χ4v) is 1.72. The van der Waals surface area contributed by atoms with E-state index in [1.165, 1.54) is 12.3 Å². The van der Waals surface area contributed by atoms with Crippen LogP contribution in [0.25, 0.3) is 0 Å². The number of nitrogens with zero attached hydrogens (tertiary/aromatic N) is 3. The van der Waals surface area contributed by atoms with E-state index in [2.05, 4.69) is 26.0 Å². The van der Waals surface area contributed by atoms with Gasteiger partial charge in [-0.15, -0.1) is 0 Å². The summed E-state index contributed by atoms with van der Waals surface area (Å²) in [7, 11) is 0. The molecule has 2 aromatic heterocycles. The number of hydrogen-bond acceptors (Lipinski definition) is 3. The van der Waals surface area contributed by atoms with Crippen LogP contribution in [0.5, 0.6) is 0 Å². The third-order valence-corrected chi connectivity index (χ3v) is 2.83. The van der Waals surface area contributed by atoms with Crippen molar-refractivity contribution in [1.29, 1.82) is 0 Å². The Balaban J connectivity index is 2.06. The van der Waals surface area contributed by atoms with Gasteiger partial charge in [-0.25, -0.2) is 4.68 Å². The van der Waals surface area contributed by atoms with Crippen molar-refractivity contribution in [3.05, 3.63) is 46.5 Å². The summed E-state index contributed by atoms with van der Waals surface area (Å²) < 4.78 is 26.0. The molecule has 0 amide bonds. The molecule has 4 nitrogen and oxygen atoms in total. The van der Waals surface area contributed by atoms with Crippen LogP contribution in [0, 0.1) is 0 Å². The van der Waals surface area contributed by atoms with Crippen molar-refractivity contribution < 1.29 is 13.9 Å². The highest BCUT2D eigenvalue weighted by Gasteiger charge is 2.13. The maximum atomic E-state index is 12.3. The molecule has 0 spiro atoms. The van der Waals surface area contributed by atoms with E-state index in [0.717, 1.165) is 4.47 Å². The van der Waals surface area contributed by atoms with E-state index < -0.39 is 12.7 Å². The van der Waals surface area contributed by atoms with E-state index in [1.54, 1.807) is 18.3 Å². The Labute approximate surface area is 110 Å². The number of aromatic nitrogens is 3. The Kier molecular flexibility index (Phi) is 4.03. The second kappa shape index (κ2) is 5.53. The van der Waals surface area contributed by atoms with Gasteiger partial charge in [-0.05, 0) is 34.1 Å². The SMILES string of the molecule is OC(Cc1ccn(C(F)F)n1)c1ccc(Br)cn1. The highest BCUT2D eigenvalue weighted by molar-refractivity contribution is 9.10. The molecule has 0 radical (unpaired) electrons. The summed E-state index contributed by atoms with van der Waals surface area (Å²) in [6, 6.07) is 4.87. The molecule has 18 heavy (non-hydrogen) atoms. The second-order valence-corrected chi connectivity index (χ2v) is 4.60. The maximum Gasteiger partial charge on any atom is 0.333 e. The van der Waals surface area contributed by atoms with Crippen molar-refractivity contribution in [2.24, 2.45) is 0 Å². The zero-order valence-electron chi connectivity index (χ0n) is 9.17. The minimum atomic E-state index is -2.67. The van der Waals surface area contributed by atoms with Crippen LogP contribution in [-0.2, 0) is 6.42 Å². The lowest BCUT2D eigenvalue weighted by Gasteiger charge is -2.08. The second-order valence-electron chi connectivity index (χ2n) is 3.69. The van der Waals surface area contributed by atoms with E-state index in [-0.39, 0.29) is 6.42 Å². The summed E-state index contributed by atoms with van der Waals surface area (Å²) in [6.45, 7) is -2.67. The van der Waals surface area contributed by atoms with E-state index in [0.29, 0.717) is 16.1 Å². The third-order valence-electron chi connectivity index (χ3n) is 2.36. The van der Waals surface area contributed by atoms with Crippen LogP contribution >= 0.6 is 15.9 Å². The van der Waals surface area contributed by atoms with Gasteiger partial charge in [-0.2, -0.15) is 13.9 Å². The molecule has 0 aromatic carbocycles. The molecule has 0 bridgehead atoms. The van der Waals surface area contributed by atoms with Gasteiger partial charge in [0.05, 0.1) is 11.4 Å². The summed E-state index contributed by atoms with van der Waals surface area (Å²) >= 11 is 3.24. The predicted octanol–water partition coefficient (Wildman–Crippen LogP) is 2.71. The molecule has 0 aliphatic carbocycles. The molecule has 7 heteroatoms. The molecular formula is C11H10BrF2N3O. The van der Waals surface area contributed by atoms with Gasteiger partial charge in [0.25, 0.3) is 0 Å². The fraction of sp³-hybridized carbons (Fsp3) is 0.273. The summed E-state index contributed by atoms with van der Waals surface area (Å²) in [5.74, 6) is 0. The first-order chi connectivity index (χ1) is 8.56. The number of hydrogen-bond donors (Lipinski definition) is 1. The molecule has 1 N–H and O–H groups in total. The molecule has 0 aliphatic heterocycles. The minimum Gasteiger partial charge on any atom is -0.386 e. The van der Waals surface area contributed by atoms with E-state index in [4.69, 9.17) is 0 Å². The van der Waals surface area contributed by atoms with E-state index in [1.807, 2.05) is 0 Å². The van der Waals surface area contributed by atoms with Gasteiger partial charge < -0.3 is 5.11 Å². The molecule has 2 rings (SSSR count). The zero-order chi connectivity index (χ0) is 13.1. The van der Waals surface area contributed by atoms with Crippen molar-refractivity contribution in [1.82, 2.24) is 14.8 Å². The lowest BCUT2D eigenvalue weighted by molar-refractivity contribution is 0.0557. The standard InChI is InChI=1S/C11H10BrF2N3O/c12-7-1-2-9(15-6-7)10(18)5-8-3-4-17(16-8)11(13)14/h1-4,6,10-11,18H,5H2. The normalized spacial score (nSPS) is 12.9. The Morgan fingerprint density at radius 2 is 2.11 bits per heavy atom. The number of rotatable bonds is 4. The number of aliphatic hydroxyl groups is 1. The predicted molar refractivity (Wildman–Crippen MR) is 64.1 cm³/mol. The molecule has 0 saturated heterocycles. The van der Waals surface area contributed by atoms with Crippen molar-refractivity contribution in [3.8, 4) is 0 Å². The van der Waals surface area contributed by atoms with Gasteiger partial charge in [0.2, 0.25) is 0 Å². The largest absolute Gasteiger partial charge is 0.386 e. The van der Waals surface area contributed by atoms with Gasteiger partial charge in [0.15, 0.2) is 0 Å². The highest BCUT2D eigenvalue weighted by Crippen LogP contribution is 2.18. The molecule has 2 heterocycles. The quantitative estimate of drug-likeness (QED) is 0.943. The van der Waals surface area contributed by atoms with Gasteiger partial charge in [0.1, 0.15) is 6.10 Å². The third kappa shape index (κ3) is 3.11. The molecular weight excluding hydrogens is 308 g/mol. The molecule has 1 unspecified atom stereocenters. The van der Waals surface area contributed by atoms with Crippen LogP contribution in [0.15, 0.2) is 35.1 Å². The van der Waals surface area contributed by atoms with Crippen LogP contribution < -0.4 is 0 Å². The van der Waals surface area contributed by atoms with Crippen LogP contribution in [-0.4, -0.2) is 19.9 Å². The average molecular weight is 318 g/mol. The average Bonchev–Trinajstić information content (AvgIpc) is 2.78. The summed E-state index contributed by atoms with van der Waals surface area (Å²) in [4.78, 5) is 4.04.